The second-order valence-corrected chi connectivity index (χ2v) is 8.28. The second kappa shape index (κ2) is 9.95. The second-order valence-electron chi connectivity index (χ2n) is 8.28. The number of morpholine rings is 1. The molecule has 4 rings (SSSR count). The first-order valence-electron chi connectivity index (χ1n) is 10.7. The van der Waals surface area contributed by atoms with Crippen molar-refractivity contribution in [2.24, 2.45) is 0 Å². The summed E-state index contributed by atoms with van der Waals surface area (Å²) in [7, 11) is 0. The minimum absolute atomic E-state index is 0. The fourth-order valence-corrected chi connectivity index (χ4v) is 4.01. The average Bonchev–Trinajstić information content (AvgIpc) is 3.31. The Balaban J connectivity index is 0.00000324. The topological polar surface area (TPSA) is 141 Å². The molecule has 3 heterocycles. The summed E-state index contributed by atoms with van der Waals surface area (Å²) in [5, 5.41) is 22.1. The van der Waals surface area contributed by atoms with E-state index in [1.54, 1.807) is 13.0 Å². The smallest absolute Gasteiger partial charge is 0.436 e. The third-order valence-corrected chi connectivity index (χ3v) is 5.75. The summed E-state index contributed by atoms with van der Waals surface area (Å²) >= 11 is 0. The summed E-state index contributed by atoms with van der Waals surface area (Å²) in [6.07, 6.45) is -0.741. The Morgan fingerprint density at radius 3 is 2.68 bits per heavy atom. The van der Waals surface area contributed by atoms with Crippen molar-refractivity contribution in [2.45, 2.75) is 32.9 Å². The molecule has 1 saturated heterocycles. The van der Waals surface area contributed by atoms with E-state index in [9.17, 15) is 19.7 Å². The molecule has 1 aromatic heterocycles. The van der Waals surface area contributed by atoms with Gasteiger partial charge in [0, 0.05) is 37.0 Å². The summed E-state index contributed by atoms with van der Waals surface area (Å²) in [5.41, 5.74) is 0.918. The Hall–Kier alpha value is -3.22. The van der Waals surface area contributed by atoms with Crippen LogP contribution in [0.25, 0.3) is 0 Å². The Kier molecular flexibility index (Phi) is 7.44. The molecule has 0 aliphatic carbocycles. The lowest BCUT2D eigenvalue weighted by Crippen LogP contribution is -2.36. The van der Waals surface area contributed by atoms with Crippen molar-refractivity contribution < 1.29 is 24.0 Å². The van der Waals surface area contributed by atoms with Gasteiger partial charge in [0.05, 0.1) is 36.0 Å². The van der Waals surface area contributed by atoms with Gasteiger partial charge in [0.2, 0.25) is 0 Å². The highest BCUT2D eigenvalue weighted by Crippen LogP contribution is 2.35. The first-order valence-corrected chi connectivity index (χ1v) is 10.7. The maximum atomic E-state index is 13.2. The number of anilines is 2. The molecule has 0 spiro atoms. The van der Waals surface area contributed by atoms with E-state index in [2.05, 4.69) is 15.7 Å². The Labute approximate surface area is 202 Å². The summed E-state index contributed by atoms with van der Waals surface area (Å²) in [6.45, 7) is 8.25. The highest BCUT2D eigenvalue weighted by molar-refractivity contribution is 6.08. The maximum Gasteiger partial charge on any atom is 0.436 e. The van der Waals surface area contributed by atoms with Gasteiger partial charge >= 0.3 is 6.09 Å². The van der Waals surface area contributed by atoms with E-state index in [1.165, 1.54) is 12.1 Å². The largest absolute Gasteiger partial charge is 0.448 e. The number of carbonyl (C=O) groups excluding carboxylic acids is 2. The molecule has 2 aliphatic heterocycles. The van der Waals surface area contributed by atoms with E-state index < -0.39 is 22.5 Å². The van der Waals surface area contributed by atoms with Crippen LogP contribution in [0.3, 0.4) is 0 Å². The minimum Gasteiger partial charge on any atom is -0.448 e. The number of halogens is 1. The van der Waals surface area contributed by atoms with E-state index in [0.717, 1.165) is 4.68 Å². The monoisotopic (exact) mass is 494 g/mol. The van der Waals surface area contributed by atoms with Gasteiger partial charge in [-0.3, -0.25) is 14.9 Å². The van der Waals surface area contributed by atoms with Gasteiger partial charge in [-0.05, 0) is 32.9 Å². The molecular formula is C21H27ClN6O6. The van der Waals surface area contributed by atoms with Crippen LogP contribution in [0.5, 0.6) is 0 Å². The van der Waals surface area contributed by atoms with Gasteiger partial charge in [0.15, 0.2) is 0 Å². The van der Waals surface area contributed by atoms with Gasteiger partial charge in [0.1, 0.15) is 11.4 Å². The number of nitro benzene ring substituents is 1. The number of nitrogens with zero attached hydrogens (tertiary/aromatic N) is 4. The number of hydrogen-bond donors (Lipinski definition) is 2. The number of fused-ring (bicyclic) bond motifs is 1. The van der Waals surface area contributed by atoms with E-state index in [-0.39, 0.29) is 36.1 Å². The number of aromatic nitrogens is 2. The molecule has 1 aromatic carbocycles. The highest BCUT2D eigenvalue weighted by Gasteiger charge is 2.38. The molecule has 0 radical (unpaired) electrons. The van der Waals surface area contributed by atoms with Crippen molar-refractivity contribution in [1.82, 2.24) is 15.1 Å². The molecule has 0 saturated carbocycles. The van der Waals surface area contributed by atoms with Gasteiger partial charge in [-0.1, -0.05) is 0 Å². The van der Waals surface area contributed by atoms with Gasteiger partial charge in [0.25, 0.3) is 11.6 Å². The standard InChI is InChI=1S/C21H26N6O6.ClH/c1-4-33-20(29)26-18(15-12-22-21(2,3)17(15)24-26)23-19(28)14-6-5-13(11-16(14)27(30)31)25-7-9-32-10-8-25;/h5-6,11,22H,4,7-10,12H2,1-3H3,(H,23,28);1H. The molecule has 2 aromatic rings. The van der Waals surface area contributed by atoms with E-state index in [4.69, 9.17) is 9.47 Å². The zero-order valence-electron chi connectivity index (χ0n) is 19.1. The lowest BCUT2D eigenvalue weighted by atomic mass is 10.0. The van der Waals surface area contributed by atoms with Gasteiger partial charge in [-0.2, -0.15) is 5.10 Å². The van der Waals surface area contributed by atoms with Crippen LogP contribution in [-0.4, -0.2) is 59.6 Å². The Morgan fingerprint density at radius 1 is 1.32 bits per heavy atom. The fraction of sp³-hybridized carbons (Fsp3) is 0.476. The molecule has 184 valence electrons. The lowest BCUT2D eigenvalue weighted by molar-refractivity contribution is -0.385. The minimum atomic E-state index is -0.741. The third-order valence-electron chi connectivity index (χ3n) is 5.75. The number of amides is 1. The van der Waals surface area contributed by atoms with Gasteiger partial charge in [-0.15, -0.1) is 17.1 Å². The van der Waals surface area contributed by atoms with Crippen molar-refractivity contribution in [3.05, 3.63) is 45.1 Å². The third kappa shape index (κ3) is 4.69. The summed E-state index contributed by atoms with van der Waals surface area (Å²) in [4.78, 5) is 38.8. The van der Waals surface area contributed by atoms with E-state index in [0.29, 0.717) is 49.8 Å². The lowest BCUT2D eigenvalue weighted by Gasteiger charge is -2.28. The van der Waals surface area contributed by atoms with Crippen molar-refractivity contribution >= 4 is 41.6 Å². The van der Waals surface area contributed by atoms with Crippen molar-refractivity contribution in [2.75, 3.05) is 43.1 Å². The van der Waals surface area contributed by atoms with Crippen LogP contribution in [0.1, 0.15) is 42.4 Å². The molecule has 13 heteroatoms. The highest BCUT2D eigenvalue weighted by atomic mass is 35.5. The quantitative estimate of drug-likeness (QED) is 0.473. The van der Waals surface area contributed by atoms with Crippen molar-refractivity contribution in [3.63, 3.8) is 0 Å². The van der Waals surface area contributed by atoms with Crippen molar-refractivity contribution in [3.8, 4) is 0 Å². The molecule has 0 bridgehead atoms. The first-order chi connectivity index (χ1) is 15.7. The molecule has 2 N–H and O–H groups in total. The fourth-order valence-electron chi connectivity index (χ4n) is 4.01. The summed E-state index contributed by atoms with van der Waals surface area (Å²) in [5.74, 6) is -0.578. The molecule has 1 amide bonds. The number of rotatable bonds is 5. The Morgan fingerprint density at radius 2 is 2.03 bits per heavy atom. The zero-order valence-corrected chi connectivity index (χ0v) is 19.9. The van der Waals surface area contributed by atoms with Gasteiger partial charge in [-0.25, -0.2) is 4.79 Å². The Bertz CT molecular complexity index is 1110. The molecule has 1 fully saturated rings. The average molecular weight is 495 g/mol. The predicted molar refractivity (Wildman–Crippen MR) is 126 cm³/mol. The van der Waals surface area contributed by atoms with Crippen LogP contribution in [0, 0.1) is 10.1 Å². The zero-order chi connectivity index (χ0) is 23.8. The van der Waals surface area contributed by atoms with Crippen LogP contribution < -0.4 is 15.5 Å². The van der Waals surface area contributed by atoms with Gasteiger partial charge < -0.3 is 25.0 Å². The van der Waals surface area contributed by atoms with Crippen LogP contribution in [0.15, 0.2) is 18.2 Å². The molecule has 2 aliphatic rings. The van der Waals surface area contributed by atoms with Crippen LogP contribution in [0.2, 0.25) is 0 Å². The van der Waals surface area contributed by atoms with Crippen LogP contribution in [-0.2, 0) is 21.6 Å². The van der Waals surface area contributed by atoms with Crippen LogP contribution in [0.4, 0.5) is 22.0 Å². The molecule has 12 nitrogen and oxygen atoms in total. The number of hydrogen-bond acceptors (Lipinski definition) is 9. The number of carbonyl (C=O) groups is 2. The van der Waals surface area contributed by atoms with E-state index in [1.807, 2.05) is 18.7 Å². The van der Waals surface area contributed by atoms with Crippen molar-refractivity contribution in [1.29, 1.82) is 0 Å². The molecule has 34 heavy (non-hydrogen) atoms. The number of nitro groups is 1. The maximum absolute atomic E-state index is 13.2. The molecule has 0 atom stereocenters. The summed E-state index contributed by atoms with van der Waals surface area (Å²) in [6, 6.07) is 4.48. The SMILES string of the molecule is CCOC(=O)n1nc2c(c1NC(=O)c1ccc(N3CCOCC3)cc1[N+](=O)[O-])CNC2(C)C.Cl. The normalized spacial score (nSPS) is 16.4. The molecule has 0 unspecified atom stereocenters. The van der Waals surface area contributed by atoms with Crippen LogP contribution >= 0.6 is 12.4 Å². The van der Waals surface area contributed by atoms with E-state index >= 15 is 0 Å². The molecular weight excluding hydrogens is 468 g/mol. The number of ether oxygens (including phenoxy) is 2. The number of nitrogens with one attached hydrogen (secondary N) is 2. The predicted octanol–water partition coefficient (Wildman–Crippen LogP) is 2.64. The summed E-state index contributed by atoms with van der Waals surface area (Å²) < 4.78 is 11.4. The first kappa shape index (κ1) is 25.4. The number of benzene rings is 1.